The highest BCUT2D eigenvalue weighted by atomic mass is 19.1. The van der Waals surface area contributed by atoms with Gasteiger partial charge >= 0.3 is 0 Å². The number of carbonyl (C=O) groups is 1. The molecule has 0 radical (unpaired) electrons. The summed E-state index contributed by atoms with van der Waals surface area (Å²) in [5, 5.41) is 20.7. The first-order valence-corrected chi connectivity index (χ1v) is 6.91. The van der Waals surface area contributed by atoms with Gasteiger partial charge in [0.1, 0.15) is 23.4 Å². The Morgan fingerprint density at radius 1 is 1.22 bits per heavy atom. The maximum Gasteiger partial charge on any atom is 0.221 e. The summed E-state index contributed by atoms with van der Waals surface area (Å²) in [5.41, 5.74) is 0.770. The Balaban J connectivity index is 1.97. The van der Waals surface area contributed by atoms with Crippen LogP contribution < -0.4 is 5.32 Å². The molecule has 1 unspecified atom stereocenters. The number of carbonyl (C=O) groups excluding carboxylic acids is 1. The molecule has 2 aromatic rings. The van der Waals surface area contributed by atoms with E-state index in [-0.39, 0.29) is 17.7 Å². The molecule has 0 spiro atoms. The molecule has 1 atom stereocenters. The minimum absolute atomic E-state index is 0.0770. The fraction of sp³-hybridized carbons (Fsp3) is 0.176. The normalized spacial score (nSPS) is 11.5. The quantitative estimate of drug-likeness (QED) is 0.890. The molecule has 2 rings (SSSR count). The molecular weight excluding hydrogens is 302 g/mol. The number of rotatable bonds is 5. The van der Waals surface area contributed by atoms with Crippen LogP contribution >= 0.6 is 0 Å². The number of hydrogen-bond donors (Lipinski definition) is 2. The van der Waals surface area contributed by atoms with Crippen molar-refractivity contribution in [2.24, 2.45) is 0 Å². The summed E-state index contributed by atoms with van der Waals surface area (Å²) in [5.74, 6) is -1.92. The Kier molecular flexibility index (Phi) is 5.26. The van der Waals surface area contributed by atoms with E-state index in [1.165, 1.54) is 12.1 Å². The first kappa shape index (κ1) is 16.4. The summed E-state index contributed by atoms with van der Waals surface area (Å²) >= 11 is 0. The number of hydrogen-bond acceptors (Lipinski definition) is 3. The molecule has 2 N–H and O–H groups in total. The molecule has 6 heteroatoms. The minimum atomic E-state index is -1.18. The smallest absolute Gasteiger partial charge is 0.221 e. The molecule has 0 aliphatic rings. The van der Waals surface area contributed by atoms with Crippen molar-refractivity contribution in [3.8, 4) is 11.8 Å². The summed E-state index contributed by atoms with van der Waals surface area (Å²) in [4.78, 5) is 11.9. The number of nitriles is 1. The summed E-state index contributed by atoms with van der Waals surface area (Å²) in [6, 6.07) is 9.84. The molecule has 118 valence electrons. The summed E-state index contributed by atoms with van der Waals surface area (Å²) in [6.45, 7) is 0. The molecule has 0 bridgehead atoms. The third-order valence-corrected chi connectivity index (χ3v) is 3.29. The van der Waals surface area contributed by atoms with E-state index in [0.717, 1.165) is 17.7 Å². The van der Waals surface area contributed by atoms with Crippen molar-refractivity contribution >= 4 is 5.91 Å². The van der Waals surface area contributed by atoms with Gasteiger partial charge in [-0.2, -0.15) is 5.26 Å². The number of phenolic OH excluding ortho intramolecular Hbond substituents is 1. The fourth-order valence-corrected chi connectivity index (χ4v) is 2.07. The standard InChI is InChI=1S/C17H14F2N2O2/c18-12-4-7-14(15(19)9-12)16(10-20)21-17(23)8-3-11-1-5-13(22)6-2-11/h1-2,4-7,9,16,22H,3,8H2,(H,21,23). The Morgan fingerprint density at radius 3 is 2.52 bits per heavy atom. The number of aromatic hydroxyl groups is 1. The van der Waals surface area contributed by atoms with E-state index in [9.17, 15) is 18.7 Å². The Bertz CT molecular complexity index is 739. The van der Waals surface area contributed by atoms with Crippen LogP contribution in [-0.4, -0.2) is 11.0 Å². The second-order valence-corrected chi connectivity index (χ2v) is 4.96. The van der Waals surface area contributed by atoms with Gasteiger partial charge in [-0.15, -0.1) is 0 Å². The van der Waals surface area contributed by atoms with E-state index < -0.39 is 23.6 Å². The predicted octanol–water partition coefficient (Wildman–Crippen LogP) is 2.98. The third-order valence-electron chi connectivity index (χ3n) is 3.29. The zero-order valence-electron chi connectivity index (χ0n) is 12.1. The van der Waals surface area contributed by atoms with Gasteiger partial charge in [0, 0.05) is 18.1 Å². The lowest BCUT2D eigenvalue weighted by atomic mass is 10.1. The van der Waals surface area contributed by atoms with Crippen molar-refractivity contribution in [1.29, 1.82) is 5.26 Å². The third kappa shape index (κ3) is 4.51. The summed E-state index contributed by atoms with van der Waals surface area (Å²) in [7, 11) is 0. The zero-order chi connectivity index (χ0) is 16.8. The second kappa shape index (κ2) is 7.36. The van der Waals surface area contributed by atoms with Gasteiger partial charge < -0.3 is 10.4 Å². The number of phenols is 1. The number of aryl methyl sites for hydroxylation is 1. The van der Waals surface area contributed by atoms with E-state index in [1.807, 2.05) is 0 Å². The zero-order valence-corrected chi connectivity index (χ0v) is 12.1. The molecule has 0 heterocycles. The van der Waals surface area contributed by atoms with E-state index in [2.05, 4.69) is 5.32 Å². The lowest BCUT2D eigenvalue weighted by Crippen LogP contribution is -2.28. The van der Waals surface area contributed by atoms with Crippen LogP contribution in [0.1, 0.15) is 23.6 Å². The van der Waals surface area contributed by atoms with E-state index in [1.54, 1.807) is 18.2 Å². The number of halogens is 2. The van der Waals surface area contributed by atoms with Crippen molar-refractivity contribution in [2.75, 3.05) is 0 Å². The highest BCUT2D eigenvalue weighted by molar-refractivity contribution is 5.77. The monoisotopic (exact) mass is 316 g/mol. The Hall–Kier alpha value is -2.94. The first-order valence-electron chi connectivity index (χ1n) is 6.91. The number of amides is 1. The van der Waals surface area contributed by atoms with Crippen molar-refractivity contribution in [1.82, 2.24) is 5.32 Å². The minimum Gasteiger partial charge on any atom is -0.508 e. The van der Waals surface area contributed by atoms with Gasteiger partial charge in [0.25, 0.3) is 0 Å². The largest absolute Gasteiger partial charge is 0.508 e. The van der Waals surface area contributed by atoms with Gasteiger partial charge in [-0.25, -0.2) is 8.78 Å². The first-order chi connectivity index (χ1) is 11.0. The maximum absolute atomic E-state index is 13.7. The van der Waals surface area contributed by atoms with Gasteiger partial charge in [-0.3, -0.25) is 4.79 Å². The highest BCUT2D eigenvalue weighted by Gasteiger charge is 2.18. The van der Waals surface area contributed by atoms with Gasteiger partial charge in [0.05, 0.1) is 6.07 Å². The molecule has 4 nitrogen and oxygen atoms in total. The van der Waals surface area contributed by atoms with Gasteiger partial charge in [0.2, 0.25) is 5.91 Å². The molecule has 0 saturated heterocycles. The number of benzene rings is 2. The molecular formula is C17H14F2N2O2. The van der Waals surface area contributed by atoms with Crippen LogP contribution in [0, 0.1) is 23.0 Å². The van der Waals surface area contributed by atoms with Crippen molar-refractivity contribution in [2.45, 2.75) is 18.9 Å². The molecule has 0 aliphatic carbocycles. The molecule has 0 saturated carbocycles. The highest BCUT2D eigenvalue weighted by Crippen LogP contribution is 2.18. The van der Waals surface area contributed by atoms with Gasteiger partial charge in [0.15, 0.2) is 0 Å². The molecule has 1 amide bonds. The predicted molar refractivity (Wildman–Crippen MR) is 79.3 cm³/mol. The summed E-state index contributed by atoms with van der Waals surface area (Å²) in [6.07, 6.45) is 0.516. The van der Waals surface area contributed by atoms with Crippen LogP contribution in [0.2, 0.25) is 0 Å². The van der Waals surface area contributed by atoms with Crippen molar-refractivity contribution in [3.05, 3.63) is 65.2 Å². The molecule has 23 heavy (non-hydrogen) atoms. The summed E-state index contributed by atoms with van der Waals surface area (Å²) < 4.78 is 26.5. The van der Waals surface area contributed by atoms with E-state index in [4.69, 9.17) is 5.26 Å². The van der Waals surface area contributed by atoms with Crippen LogP contribution in [0.4, 0.5) is 8.78 Å². The van der Waals surface area contributed by atoms with Crippen LogP contribution in [0.15, 0.2) is 42.5 Å². The Morgan fingerprint density at radius 2 is 1.91 bits per heavy atom. The molecule has 0 fully saturated rings. The lowest BCUT2D eigenvalue weighted by Gasteiger charge is -2.13. The number of nitrogens with zero attached hydrogens (tertiary/aromatic N) is 1. The lowest BCUT2D eigenvalue weighted by molar-refractivity contribution is -0.121. The second-order valence-electron chi connectivity index (χ2n) is 4.96. The van der Waals surface area contributed by atoms with E-state index >= 15 is 0 Å². The molecule has 0 aromatic heterocycles. The van der Waals surface area contributed by atoms with Gasteiger partial charge in [-0.05, 0) is 30.2 Å². The van der Waals surface area contributed by atoms with Crippen LogP contribution in [-0.2, 0) is 11.2 Å². The number of nitrogens with one attached hydrogen (secondary N) is 1. The molecule has 2 aromatic carbocycles. The van der Waals surface area contributed by atoms with E-state index in [0.29, 0.717) is 12.5 Å². The fourth-order valence-electron chi connectivity index (χ4n) is 2.07. The van der Waals surface area contributed by atoms with Crippen molar-refractivity contribution in [3.63, 3.8) is 0 Å². The van der Waals surface area contributed by atoms with Crippen LogP contribution in [0.25, 0.3) is 0 Å². The SMILES string of the molecule is N#CC(NC(=O)CCc1ccc(O)cc1)c1ccc(F)cc1F. The average Bonchev–Trinajstić information content (AvgIpc) is 2.52. The Labute approximate surface area is 132 Å². The van der Waals surface area contributed by atoms with Gasteiger partial charge in [-0.1, -0.05) is 18.2 Å². The van der Waals surface area contributed by atoms with Crippen molar-refractivity contribution < 1.29 is 18.7 Å². The molecule has 0 aliphatic heterocycles. The topological polar surface area (TPSA) is 73.1 Å². The average molecular weight is 316 g/mol. The van der Waals surface area contributed by atoms with Crippen LogP contribution in [0.3, 0.4) is 0 Å². The maximum atomic E-state index is 13.7. The van der Waals surface area contributed by atoms with Crippen LogP contribution in [0.5, 0.6) is 5.75 Å².